The molecule has 0 aromatic carbocycles. The average molecular weight is 1050 g/mol. The predicted octanol–water partition coefficient (Wildman–Crippen LogP) is -6.95. The maximum atomic E-state index is 13.4. The maximum absolute atomic E-state index is 13.4. The van der Waals surface area contributed by atoms with Crippen LogP contribution in [0.4, 0.5) is 0 Å². The number of amides is 2. The summed E-state index contributed by atoms with van der Waals surface area (Å²) in [5, 5.41) is 153. The molecule has 5 aliphatic heterocycles. The van der Waals surface area contributed by atoms with E-state index < -0.39 is 198 Å². The molecular formula is C45H80N2O25. The van der Waals surface area contributed by atoms with E-state index in [1.807, 2.05) is 27.7 Å². The molecule has 0 saturated carbocycles. The molecule has 27 heteroatoms. The molecule has 2 amide bonds. The Morgan fingerprint density at radius 3 is 1.90 bits per heavy atom. The molecule has 5 fully saturated rings. The third-order valence-electron chi connectivity index (χ3n) is 14.4. The number of carbonyl (C=O) groups excluding carboxylic acids is 2. The first-order valence-electron chi connectivity index (χ1n) is 24.7. The van der Waals surface area contributed by atoms with Crippen LogP contribution >= 0.6 is 0 Å². The number of rotatable bonds is 25. The van der Waals surface area contributed by atoms with E-state index in [0.29, 0.717) is 12.8 Å². The first-order chi connectivity index (χ1) is 34.0. The Morgan fingerprint density at radius 1 is 0.667 bits per heavy atom. The molecule has 5 aliphatic rings. The molecular weight excluding hydrogens is 968 g/mol. The van der Waals surface area contributed by atoms with Crippen LogP contribution in [0.3, 0.4) is 0 Å². The van der Waals surface area contributed by atoms with E-state index in [1.165, 1.54) is 6.92 Å². The van der Waals surface area contributed by atoms with Gasteiger partial charge in [-0.2, -0.15) is 0 Å². The van der Waals surface area contributed by atoms with Crippen molar-refractivity contribution in [3.05, 3.63) is 0 Å². The lowest BCUT2D eigenvalue weighted by Gasteiger charge is -2.46. The molecule has 0 bridgehead atoms. The Balaban J connectivity index is 1.11. The van der Waals surface area contributed by atoms with E-state index in [-0.39, 0.29) is 37.7 Å². The van der Waals surface area contributed by atoms with Gasteiger partial charge in [-0.1, -0.05) is 40.5 Å². The Hall–Kier alpha value is -1.98. The summed E-state index contributed by atoms with van der Waals surface area (Å²) in [6.07, 6.45) is -29.8. The third kappa shape index (κ3) is 14.9. The fraction of sp³-hybridized carbons (Fsp3) is 0.956. The highest BCUT2D eigenvalue weighted by molar-refractivity contribution is 5.77. The van der Waals surface area contributed by atoms with Crippen molar-refractivity contribution in [1.29, 1.82) is 0 Å². The van der Waals surface area contributed by atoms with Crippen LogP contribution in [0.5, 0.6) is 0 Å². The second-order valence-electron chi connectivity index (χ2n) is 19.9. The molecule has 27 nitrogen and oxygen atoms in total. The summed E-state index contributed by atoms with van der Waals surface area (Å²) < 4.78 is 50.8. The van der Waals surface area contributed by atoms with Crippen molar-refractivity contribution in [3.8, 4) is 0 Å². The highest BCUT2D eigenvalue weighted by atomic mass is 16.8. The molecule has 26 atom stereocenters. The minimum Gasteiger partial charge on any atom is -0.394 e. The summed E-state index contributed by atoms with van der Waals surface area (Å²) in [6.45, 7) is 5.46. The molecule has 5 heterocycles. The minimum absolute atomic E-state index is 0.0335. The largest absolute Gasteiger partial charge is 0.394 e. The molecule has 5 rings (SSSR count). The van der Waals surface area contributed by atoms with E-state index >= 15 is 0 Å². The number of ether oxygens (including phenoxy) is 9. The van der Waals surface area contributed by atoms with Crippen LogP contribution in [-0.4, -0.2) is 270 Å². The number of nitrogens with one attached hydrogen (secondary N) is 2. The Kier molecular flexibility index (Phi) is 23.1. The summed E-state index contributed by atoms with van der Waals surface area (Å²) >= 11 is 0. The molecule has 0 aromatic heterocycles. The summed E-state index contributed by atoms with van der Waals surface area (Å²) in [6, 6.07) is -1.98. The van der Waals surface area contributed by atoms with Crippen LogP contribution in [0.25, 0.3) is 0 Å². The van der Waals surface area contributed by atoms with Crippen molar-refractivity contribution in [1.82, 2.24) is 10.6 Å². The number of carbonyl (C=O) groups is 2. The van der Waals surface area contributed by atoms with E-state index in [1.54, 1.807) is 0 Å². The third-order valence-corrected chi connectivity index (χ3v) is 14.4. The molecule has 72 heavy (non-hydrogen) atoms. The van der Waals surface area contributed by atoms with Gasteiger partial charge in [0.2, 0.25) is 11.8 Å². The van der Waals surface area contributed by atoms with Crippen molar-refractivity contribution in [2.24, 2.45) is 11.8 Å². The quantitative estimate of drug-likeness (QED) is 0.0404. The Bertz CT molecular complexity index is 1660. The van der Waals surface area contributed by atoms with Crippen LogP contribution in [0.15, 0.2) is 0 Å². The van der Waals surface area contributed by atoms with Gasteiger partial charge in [0.25, 0.3) is 0 Å². The van der Waals surface area contributed by atoms with Crippen LogP contribution in [-0.2, 0) is 52.2 Å². The van der Waals surface area contributed by atoms with Gasteiger partial charge in [0.1, 0.15) is 85.0 Å². The topological polar surface area (TPSA) is 424 Å². The lowest BCUT2D eigenvalue weighted by atomic mass is 9.92. The van der Waals surface area contributed by atoms with E-state index in [9.17, 15) is 81.1 Å². The van der Waals surface area contributed by atoms with E-state index in [4.69, 9.17) is 42.6 Å². The zero-order valence-electron chi connectivity index (χ0n) is 41.2. The molecule has 420 valence electrons. The lowest BCUT2D eigenvalue weighted by molar-refractivity contribution is -0.360. The van der Waals surface area contributed by atoms with Crippen LogP contribution in [0.1, 0.15) is 73.1 Å². The molecule has 0 aliphatic carbocycles. The van der Waals surface area contributed by atoms with Crippen molar-refractivity contribution in [2.45, 2.75) is 220 Å². The second-order valence-corrected chi connectivity index (χ2v) is 19.9. The van der Waals surface area contributed by atoms with Gasteiger partial charge < -0.3 is 125 Å². The number of hydrogen-bond donors (Lipinski definition) is 16. The van der Waals surface area contributed by atoms with Crippen molar-refractivity contribution >= 4 is 11.8 Å². The van der Waals surface area contributed by atoms with Crippen LogP contribution in [0.2, 0.25) is 0 Å². The number of aliphatic hydroxyl groups excluding tert-OH is 13. The van der Waals surface area contributed by atoms with Crippen molar-refractivity contribution < 1.29 is 124 Å². The lowest BCUT2D eigenvalue weighted by Crippen LogP contribution is -2.65. The van der Waals surface area contributed by atoms with E-state index in [0.717, 1.165) is 0 Å². The van der Waals surface area contributed by atoms with Gasteiger partial charge >= 0.3 is 0 Å². The zero-order valence-corrected chi connectivity index (χ0v) is 41.2. The standard InChI is InChI=1S/C45H80N2O25/c1-6-18(3)23(46-29(54)11-22(52)9-25(19(4)7-2)68-43-35(59)33(57)27(13-49)69-43)8-21(51)10-30(55)47-31-26(12-48)64-15-28(32(31)56)70-42-36(60)34(58)38(20(5)67-42)71-41-37(61)39(24(53)14-65-41)72-44-40(62)45(63,16-50)17-66-44/h18-28,31-44,48-53,56-63H,6-17H2,1-5H3,(H,46,54)(H,47,55)/t18-,19-,20+,21-,22-,23-,24+,25-,26+,27-,28?,31-,32?,33?,34?,35?,36?,37?,38-,39?,40?,41-,42-,43+,44-,45-/m0/s1. The smallest absolute Gasteiger partial charge is 0.223 e. The number of aliphatic hydroxyl groups is 14. The van der Waals surface area contributed by atoms with E-state index in [2.05, 4.69) is 10.6 Å². The van der Waals surface area contributed by atoms with Gasteiger partial charge in [-0.05, 0) is 25.2 Å². The molecule has 0 aromatic rings. The Morgan fingerprint density at radius 2 is 1.29 bits per heavy atom. The highest BCUT2D eigenvalue weighted by Gasteiger charge is 2.54. The van der Waals surface area contributed by atoms with Crippen LogP contribution < -0.4 is 10.6 Å². The molecule has 0 radical (unpaired) electrons. The van der Waals surface area contributed by atoms with Crippen LogP contribution in [0, 0.1) is 11.8 Å². The molecule has 5 saturated heterocycles. The SMILES string of the molecule is CC[C@H](C)[C@H](C[C@H](O)CC(=O)N[C@@H]1C(O)C(O[C@@H]2O[C@H](C)[C@H](O[C@@H]3OC[C@@H](O)C(O[C@@H]4OC[C@@](O)(CO)C4O)C3O)C(O)C2O)CO[C@@H]1CO)NC(=O)C[C@@H](O)C[C@H](O[C@@H]1O[C@@H](CO)C(O)C1O)[C@@H](C)CC. The highest BCUT2D eigenvalue weighted by Crippen LogP contribution is 2.34. The van der Waals surface area contributed by atoms with Gasteiger partial charge in [0.05, 0.1) is 82.9 Å². The van der Waals surface area contributed by atoms with Gasteiger partial charge in [0, 0.05) is 12.5 Å². The normalized spacial score (nSPS) is 42.1. The first-order valence-corrected chi connectivity index (χ1v) is 24.7. The van der Waals surface area contributed by atoms with Gasteiger partial charge in [0.15, 0.2) is 25.2 Å². The molecule has 0 spiro atoms. The maximum Gasteiger partial charge on any atom is 0.223 e. The monoisotopic (exact) mass is 1050 g/mol. The first kappa shape index (κ1) is 60.9. The second kappa shape index (κ2) is 27.4. The summed E-state index contributed by atoms with van der Waals surface area (Å²) in [5.41, 5.74) is -2.05. The zero-order chi connectivity index (χ0) is 53.4. The summed E-state index contributed by atoms with van der Waals surface area (Å²) in [4.78, 5) is 26.7. The fourth-order valence-electron chi connectivity index (χ4n) is 9.31. The van der Waals surface area contributed by atoms with Crippen molar-refractivity contribution in [2.75, 3.05) is 39.6 Å². The van der Waals surface area contributed by atoms with Gasteiger partial charge in [-0.15, -0.1) is 0 Å². The number of hydrogen-bond acceptors (Lipinski definition) is 25. The summed E-state index contributed by atoms with van der Waals surface area (Å²) in [5.74, 6) is -1.68. The average Bonchev–Trinajstić information content (AvgIpc) is 3.79. The molecule has 16 N–H and O–H groups in total. The van der Waals surface area contributed by atoms with Crippen molar-refractivity contribution in [3.63, 3.8) is 0 Å². The van der Waals surface area contributed by atoms with Gasteiger partial charge in [-0.25, -0.2) is 0 Å². The van der Waals surface area contributed by atoms with Gasteiger partial charge in [-0.3, -0.25) is 9.59 Å². The minimum atomic E-state index is -2.05. The Labute approximate surface area is 416 Å². The summed E-state index contributed by atoms with van der Waals surface area (Å²) in [7, 11) is 0. The predicted molar refractivity (Wildman–Crippen MR) is 239 cm³/mol. The fourth-order valence-corrected chi connectivity index (χ4v) is 9.31. The molecule has 9 unspecified atom stereocenters.